The predicted octanol–water partition coefficient (Wildman–Crippen LogP) is 6.08. The second-order valence-electron chi connectivity index (χ2n) is 8.65. The minimum atomic E-state index is 0.911. The molecule has 2 atom stereocenters. The van der Waals surface area contributed by atoms with E-state index in [2.05, 4.69) is 63.4 Å². The van der Waals surface area contributed by atoms with Crippen molar-refractivity contribution < 1.29 is 0 Å². The van der Waals surface area contributed by atoms with E-state index in [-0.39, 0.29) is 0 Å². The number of benzene rings is 2. The standard InChI is InChI=1S/C26H25N3/c1-2-5-21-17-29(16-20(21)4-1)22-10-7-18(8-11-22)23-13-15-28-26-24(23)12-9-19-6-3-14-27-25(19)26/h3,6-15,20-21H,1-2,4-5,16-17H2. The Morgan fingerprint density at radius 2 is 1.48 bits per heavy atom. The van der Waals surface area contributed by atoms with Gasteiger partial charge in [-0.15, -0.1) is 0 Å². The summed E-state index contributed by atoms with van der Waals surface area (Å²) in [5.41, 5.74) is 5.79. The van der Waals surface area contributed by atoms with Gasteiger partial charge in [-0.3, -0.25) is 9.97 Å². The highest BCUT2D eigenvalue weighted by molar-refractivity contribution is 6.07. The van der Waals surface area contributed by atoms with Gasteiger partial charge in [-0.25, -0.2) is 0 Å². The van der Waals surface area contributed by atoms with Gasteiger partial charge in [-0.2, -0.15) is 0 Å². The Morgan fingerprint density at radius 3 is 2.28 bits per heavy atom. The molecule has 0 spiro atoms. The first kappa shape index (κ1) is 17.0. The zero-order valence-electron chi connectivity index (χ0n) is 16.6. The van der Waals surface area contributed by atoms with Crippen LogP contribution in [0.4, 0.5) is 5.69 Å². The highest BCUT2D eigenvalue weighted by Gasteiger charge is 2.34. The van der Waals surface area contributed by atoms with Gasteiger partial charge in [-0.05, 0) is 60.1 Å². The molecule has 6 rings (SSSR count). The summed E-state index contributed by atoms with van der Waals surface area (Å²) in [4.78, 5) is 11.8. The lowest BCUT2D eigenvalue weighted by molar-refractivity contribution is 0.299. The van der Waals surface area contributed by atoms with E-state index in [1.807, 2.05) is 18.5 Å². The summed E-state index contributed by atoms with van der Waals surface area (Å²) < 4.78 is 0. The molecule has 3 heterocycles. The maximum absolute atomic E-state index is 4.65. The minimum absolute atomic E-state index is 0.911. The zero-order chi connectivity index (χ0) is 19.2. The molecule has 2 unspecified atom stereocenters. The quantitative estimate of drug-likeness (QED) is 0.395. The van der Waals surface area contributed by atoms with Gasteiger partial charge >= 0.3 is 0 Å². The average Bonchev–Trinajstić information content (AvgIpc) is 3.23. The maximum Gasteiger partial charge on any atom is 0.0970 e. The van der Waals surface area contributed by atoms with Gasteiger partial charge in [0.25, 0.3) is 0 Å². The second kappa shape index (κ2) is 6.84. The molecule has 2 aliphatic rings. The zero-order valence-corrected chi connectivity index (χ0v) is 16.6. The molecule has 1 saturated carbocycles. The van der Waals surface area contributed by atoms with Gasteiger partial charge in [-0.1, -0.05) is 43.2 Å². The van der Waals surface area contributed by atoms with Crippen LogP contribution in [-0.2, 0) is 0 Å². The normalized spacial score (nSPS) is 21.6. The minimum Gasteiger partial charge on any atom is -0.371 e. The fourth-order valence-corrected chi connectivity index (χ4v) is 5.47. The van der Waals surface area contributed by atoms with E-state index in [0.29, 0.717) is 0 Å². The van der Waals surface area contributed by atoms with Crippen molar-refractivity contribution in [2.45, 2.75) is 25.7 Å². The van der Waals surface area contributed by atoms with E-state index < -0.39 is 0 Å². The van der Waals surface area contributed by atoms with Crippen molar-refractivity contribution in [2.24, 2.45) is 11.8 Å². The Balaban J connectivity index is 1.36. The van der Waals surface area contributed by atoms with Crippen molar-refractivity contribution in [3.8, 4) is 11.1 Å². The number of hydrogen-bond donors (Lipinski definition) is 0. The van der Waals surface area contributed by atoms with E-state index in [0.717, 1.165) is 28.3 Å². The van der Waals surface area contributed by atoms with Crippen LogP contribution in [0.1, 0.15) is 25.7 Å². The first-order valence-electron chi connectivity index (χ1n) is 10.8. The molecule has 1 saturated heterocycles. The van der Waals surface area contributed by atoms with Crippen molar-refractivity contribution in [1.82, 2.24) is 9.97 Å². The van der Waals surface area contributed by atoms with Crippen molar-refractivity contribution in [3.63, 3.8) is 0 Å². The maximum atomic E-state index is 4.65. The fourth-order valence-electron chi connectivity index (χ4n) is 5.47. The first-order valence-corrected chi connectivity index (χ1v) is 10.8. The number of pyridine rings is 2. The third-order valence-electron chi connectivity index (χ3n) is 7.00. The molecule has 4 aromatic rings. The SMILES string of the molecule is c1cnc2c(c1)ccc1c(-c3ccc(N4CC5CCCCC5C4)cc3)ccnc12. The van der Waals surface area contributed by atoms with Gasteiger partial charge in [0, 0.05) is 41.9 Å². The van der Waals surface area contributed by atoms with Crippen LogP contribution >= 0.6 is 0 Å². The first-order chi connectivity index (χ1) is 14.4. The molecule has 0 radical (unpaired) electrons. The Morgan fingerprint density at radius 1 is 0.724 bits per heavy atom. The van der Waals surface area contributed by atoms with Gasteiger partial charge < -0.3 is 4.90 Å². The van der Waals surface area contributed by atoms with Gasteiger partial charge in [0.15, 0.2) is 0 Å². The molecule has 0 N–H and O–H groups in total. The number of rotatable bonds is 2. The molecule has 3 nitrogen and oxygen atoms in total. The number of aromatic nitrogens is 2. The molecule has 2 aromatic carbocycles. The molecule has 1 aliphatic heterocycles. The van der Waals surface area contributed by atoms with E-state index in [4.69, 9.17) is 0 Å². The third kappa shape index (κ3) is 2.88. The van der Waals surface area contributed by atoms with Gasteiger partial charge in [0.2, 0.25) is 0 Å². The molecule has 3 heteroatoms. The smallest absolute Gasteiger partial charge is 0.0970 e. The lowest BCUT2D eigenvalue weighted by atomic mass is 9.82. The van der Waals surface area contributed by atoms with Crippen LogP contribution in [0.25, 0.3) is 32.9 Å². The highest BCUT2D eigenvalue weighted by Crippen LogP contribution is 2.39. The van der Waals surface area contributed by atoms with Gasteiger partial charge in [0.1, 0.15) is 0 Å². The van der Waals surface area contributed by atoms with Crippen molar-refractivity contribution >= 4 is 27.5 Å². The topological polar surface area (TPSA) is 29.0 Å². The summed E-state index contributed by atoms with van der Waals surface area (Å²) in [5, 5.41) is 2.30. The molecular formula is C26H25N3. The van der Waals surface area contributed by atoms with E-state index in [9.17, 15) is 0 Å². The lowest BCUT2D eigenvalue weighted by Gasteiger charge is -2.22. The van der Waals surface area contributed by atoms with E-state index in [1.54, 1.807) is 0 Å². The summed E-state index contributed by atoms with van der Waals surface area (Å²) in [6.45, 7) is 2.47. The fraction of sp³-hybridized carbons (Fsp3) is 0.308. The van der Waals surface area contributed by atoms with Crippen molar-refractivity contribution in [2.75, 3.05) is 18.0 Å². The monoisotopic (exact) mass is 379 g/mol. The summed E-state index contributed by atoms with van der Waals surface area (Å²) >= 11 is 0. The molecule has 29 heavy (non-hydrogen) atoms. The highest BCUT2D eigenvalue weighted by atomic mass is 15.2. The van der Waals surface area contributed by atoms with Crippen LogP contribution in [0.2, 0.25) is 0 Å². The number of nitrogens with zero attached hydrogens (tertiary/aromatic N) is 3. The average molecular weight is 380 g/mol. The lowest BCUT2D eigenvalue weighted by Crippen LogP contribution is -2.19. The molecule has 0 bridgehead atoms. The van der Waals surface area contributed by atoms with Crippen LogP contribution in [-0.4, -0.2) is 23.1 Å². The molecule has 144 valence electrons. The molecule has 1 aliphatic carbocycles. The van der Waals surface area contributed by atoms with Crippen molar-refractivity contribution in [1.29, 1.82) is 0 Å². The molecule has 2 fully saturated rings. The molecule has 2 aromatic heterocycles. The summed E-state index contributed by atoms with van der Waals surface area (Å²) in [5.74, 6) is 1.82. The Bertz CT molecular complexity index is 1170. The van der Waals surface area contributed by atoms with E-state index >= 15 is 0 Å². The third-order valence-corrected chi connectivity index (χ3v) is 7.00. The Labute approximate surface area is 171 Å². The Kier molecular flexibility index (Phi) is 4.00. The van der Waals surface area contributed by atoms with Crippen molar-refractivity contribution in [3.05, 3.63) is 67.0 Å². The largest absolute Gasteiger partial charge is 0.371 e. The molecular weight excluding hydrogens is 354 g/mol. The van der Waals surface area contributed by atoms with Crippen LogP contribution in [0, 0.1) is 11.8 Å². The summed E-state index contributed by atoms with van der Waals surface area (Å²) in [6.07, 6.45) is 9.44. The summed E-state index contributed by atoms with van der Waals surface area (Å²) in [6, 6.07) is 19.7. The van der Waals surface area contributed by atoms with Crippen LogP contribution in [0.3, 0.4) is 0 Å². The van der Waals surface area contributed by atoms with E-state index in [1.165, 1.54) is 61.0 Å². The number of hydrogen-bond acceptors (Lipinski definition) is 3. The van der Waals surface area contributed by atoms with Gasteiger partial charge in [0.05, 0.1) is 11.0 Å². The van der Waals surface area contributed by atoms with Crippen LogP contribution in [0.5, 0.6) is 0 Å². The second-order valence-corrected chi connectivity index (χ2v) is 8.65. The Hall–Kier alpha value is -2.94. The molecule has 0 amide bonds. The predicted molar refractivity (Wildman–Crippen MR) is 120 cm³/mol. The number of anilines is 1. The number of fused-ring (bicyclic) bond motifs is 4. The van der Waals surface area contributed by atoms with Crippen LogP contribution < -0.4 is 4.90 Å². The van der Waals surface area contributed by atoms with Crippen LogP contribution in [0.15, 0.2) is 67.0 Å². The summed E-state index contributed by atoms with van der Waals surface area (Å²) in [7, 11) is 0.